The van der Waals surface area contributed by atoms with E-state index in [2.05, 4.69) is 21.9 Å². The number of nitrogens with one attached hydrogen (secondary N) is 3. The molecular formula is C11H22N4S3. The average molecular weight is 307 g/mol. The molecule has 0 unspecified atom stereocenters. The van der Waals surface area contributed by atoms with Gasteiger partial charge in [0.05, 0.1) is 0 Å². The molecule has 18 heavy (non-hydrogen) atoms. The average Bonchev–Trinajstić information content (AvgIpc) is 2.28. The maximum atomic E-state index is 5.34. The van der Waals surface area contributed by atoms with Gasteiger partial charge in [0, 0.05) is 0 Å². The first-order chi connectivity index (χ1) is 8.60. The lowest BCUT2D eigenvalue weighted by Crippen LogP contribution is -1.97. The highest BCUT2D eigenvalue weighted by atomic mass is 32.1. The molecule has 5 N–H and O–H groups in total. The van der Waals surface area contributed by atoms with Gasteiger partial charge in [-0.25, -0.2) is 0 Å². The van der Waals surface area contributed by atoms with Crippen LogP contribution < -0.4 is 5.73 Å². The molecule has 7 heteroatoms. The van der Waals surface area contributed by atoms with Crippen LogP contribution in [0.25, 0.3) is 0 Å². The molecule has 0 atom stereocenters. The van der Waals surface area contributed by atoms with E-state index in [9.17, 15) is 0 Å². The fraction of sp³-hybridized carbons (Fsp3) is 0.727. The number of aromatic nitrogens is 3. The zero-order valence-electron chi connectivity index (χ0n) is 10.8. The second kappa shape index (κ2) is 11.7. The van der Waals surface area contributed by atoms with E-state index >= 15 is 0 Å². The highest BCUT2D eigenvalue weighted by Gasteiger charge is 1.85. The molecule has 0 saturated carbocycles. The second-order valence-electron chi connectivity index (χ2n) is 3.92. The van der Waals surface area contributed by atoms with Gasteiger partial charge in [0.2, 0.25) is 0 Å². The van der Waals surface area contributed by atoms with Crippen LogP contribution in [0.4, 0.5) is 0 Å². The van der Waals surface area contributed by atoms with E-state index in [0.29, 0.717) is 14.3 Å². The minimum Gasteiger partial charge on any atom is -0.330 e. The maximum absolute atomic E-state index is 5.34. The van der Waals surface area contributed by atoms with Crippen molar-refractivity contribution >= 4 is 36.7 Å². The van der Waals surface area contributed by atoms with Crippen molar-refractivity contribution < 1.29 is 0 Å². The smallest absolute Gasteiger partial charge is 0.178 e. The lowest BCUT2D eigenvalue weighted by molar-refractivity contribution is 0.612. The van der Waals surface area contributed by atoms with Crippen molar-refractivity contribution in [1.29, 1.82) is 0 Å². The van der Waals surface area contributed by atoms with Crippen LogP contribution >= 0.6 is 36.7 Å². The highest BCUT2D eigenvalue weighted by molar-refractivity contribution is 7.72. The van der Waals surface area contributed by atoms with Crippen molar-refractivity contribution in [2.45, 2.75) is 45.4 Å². The molecule has 0 aliphatic rings. The largest absolute Gasteiger partial charge is 0.330 e. The first-order valence-corrected chi connectivity index (χ1v) is 7.45. The number of H-pyrrole nitrogens is 3. The maximum Gasteiger partial charge on any atom is 0.178 e. The summed E-state index contributed by atoms with van der Waals surface area (Å²) in [7, 11) is 0. The lowest BCUT2D eigenvalue weighted by Gasteiger charge is -1.96. The van der Waals surface area contributed by atoms with E-state index in [0.717, 1.165) is 6.54 Å². The van der Waals surface area contributed by atoms with Gasteiger partial charge in [0.25, 0.3) is 0 Å². The third-order valence-corrected chi connectivity index (χ3v) is 2.85. The number of nitrogens with two attached hydrogens (primary N) is 1. The van der Waals surface area contributed by atoms with E-state index in [4.69, 9.17) is 42.4 Å². The van der Waals surface area contributed by atoms with Crippen molar-refractivity contribution in [3.05, 3.63) is 14.3 Å². The Kier molecular flexibility index (Phi) is 11.5. The zero-order valence-corrected chi connectivity index (χ0v) is 13.2. The summed E-state index contributed by atoms with van der Waals surface area (Å²) in [4.78, 5) is 7.99. The van der Waals surface area contributed by atoms with Crippen LogP contribution in [0, 0.1) is 14.3 Å². The van der Waals surface area contributed by atoms with Crippen LogP contribution in [0.3, 0.4) is 0 Å². The number of hydrogen-bond acceptors (Lipinski definition) is 4. The predicted octanol–water partition coefficient (Wildman–Crippen LogP) is 4.16. The zero-order chi connectivity index (χ0) is 13.8. The molecule has 0 aliphatic carbocycles. The molecule has 1 aromatic rings. The second-order valence-corrected chi connectivity index (χ2v) is 5.14. The lowest BCUT2D eigenvalue weighted by atomic mass is 10.1. The van der Waals surface area contributed by atoms with E-state index in [1.54, 1.807) is 0 Å². The van der Waals surface area contributed by atoms with Gasteiger partial charge in [0.1, 0.15) is 0 Å². The van der Waals surface area contributed by atoms with E-state index in [1.165, 1.54) is 38.5 Å². The van der Waals surface area contributed by atoms with Gasteiger partial charge in [-0.1, -0.05) is 39.0 Å². The highest BCUT2D eigenvalue weighted by Crippen LogP contribution is 2.03. The summed E-state index contributed by atoms with van der Waals surface area (Å²) in [5.41, 5.74) is 5.34. The summed E-state index contributed by atoms with van der Waals surface area (Å²) >= 11 is 14.2. The number of unbranched alkanes of at least 4 members (excludes halogenated alkanes) is 5. The molecule has 0 saturated heterocycles. The molecule has 0 spiro atoms. The Morgan fingerprint density at radius 3 is 1.56 bits per heavy atom. The van der Waals surface area contributed by atoms with Crippen molar-refractivity contribution in [2.75, 3.05) is 6.54 Å². The van der Waals surface area contributed by atoms with Crippen LogP contribution in [0.2, 0.25) is 0 Å². The Morgan fingerprint density at radius 2 is 1.17 bits per heavy atom. The minimum atomic E-state index is 0.448. The Balaban J connectivity index is 0.000000321. The van der Waals surface area contributed by atoms with Crippen LogP contribution in [-0.4, -0.2) is 21.5 Å². The Labute approximate surface area is 123 Å². The molecule has 0 aromatic carbocycles. The summed E-state index contributed by atoms with van der Waals surface area (Å²) in [6.45, 7) is 3.11. The summed E-state index contributed by atoms with van der Waals surface area (Å²) < 4.78 is 1.34. The minimum absolute atomic E-state index is 0.448. The first kappa shape index (κ1) is 17.6. The van der Waals surface area contributed by atoms with Crippen LogP contribution in [0.1, 0.15) is 45.4 Å². The van der Waals surface area contributed by atoms with Gasteiger partial charge in [0.15, 0.2) is 14.3 Å². The number of hydrogen-bond donors (Lipinski definition) is 4. The molecule has 0 amide bonds. The Hall–Kier alpha value is -0.370. The van der Waals surface area contributed by atoms with Crippen molar-refractivity contribution in [3.63, 3.8) is 0 Å². The SMILES string of the molecule is CCCCCCCCN.S=c1[nH]c(=S)[nH]c(=S)[nH]1. The molecule has 1 heterocycles. The number of aromatic amines is 3. The van der Waals surface area contributed by atoms with Crippen LogP contribution in [-0.2, 0) is 0 Å². The van der Waals surface area contributed by atoms with Crippen molar-refractivity contribution in [2.24, 2.45) is 5.73 Å². The van der Waals surface area contributed by atoms with Crippen LogP contribution in [0.5, 0.6) is 0 Å². The molecule has 0 radical (unpaired) electrons. The third-order valence-electron chi connectivity index (χ3n) is 2.24. The molecule has 1 aromatic heterocycles. The predicted molar refractivity (Wildman–Crippen MR) is 84.4 cm³/mol. The van der Waals surface area contributed by atoms with Gasteiger partial charge in [-0.15, -0.1) is 0 Å². The van der Waals surface area contributed by atoms with Crippen molar-refractivity contribution in [1.82, 2.24) is 15.0 Å². The van der Waals surface area contributed by atoms with E-state index in [1.807, 2.05) is 0 Å². The normalized spacial score (nSPS) is 9.67. The van der Waals surface area contributed by atoms with Gasteiger partial charge in [-0.05, 0) is 49.6 Å². The molecule has 1 rings (SSSR count). The quantitative estimate of drug-likeness (QED) is 0.470. The van der Waals surface area contributed by atoms with Gasteiger partial charge < -0.3 is 20.7 Å². The standard InChI is InChI=1S/C8H19N.C3H3N3S3/c1-2-3-4-5-6-7-8-9;7-1-4-2(8)6-3(9)5-1/h2-9H2,1H3;(H3,4,5,6,7,8,9). The molecule has 0 bridgehead atoms. The summed E-state index contributed by atoms with van der Waals surface area (Å²) in [5, 5.41) is 0. The van der Waals surface area contributed by atoms with Gasteiger partial charge in [-0.2, -0.15) is 0 Å². The fourth-order valence-corrected chi connectivity index (χ4v) is 2.13. The number of rotatable bonds is 6. The van der Waals surface area contributed by atoms with Crippen LogP contribution in [0.15, 0.2) is 0 Å². The fourth-order valence-electron chi connectivity index (χ4n) is 1.33. The monoisotopic (exact) mass is 306 g/mol. The van der Waals surface area contributed by atoms with E-state index in [-0.39, 0.29) is 0 Å². The Morgan fingerprint density at radius 1 is 0.778 bits per heavy atom. The molecule has 0 fully saturated rings. The first-order valence-electron chi connectivity index (χ1n) is 6.23. The molecular weight excluding hydrogens is 284 g/mol. The van der Waals surface area contributed by atoms with Crippen molar-refractivity contribution in [3.8, 4) is 0 Å². The summed E-state index contributed by atoms with van der Waals surface area (Å²) in [5.74, 6) is 0. The third kappa shape index (κ3) is 10.8. The summed E-state index contributed by atoms with van der Waals surface area (Å²) in [6.07, 6.45) is 8.05. The van der Waals surface area contributed by atoms with E-state index < -0.39 is 0 Å². The molecule has 4 nitrogen and oxygen atoms in total. The topological polar surface area (TPSA) is 73.4 Å². The summed E-state index contributed by atoms with van der Waals surface area (Å²) in [6, 6.07) is 0. The Bertz CT molecular complexity index is 376. The van der Waals surface area contributed by atoms with Gasteiger partial charge >= 0.3 is 0 Å². The molecule has 104 valence electrons. The molecule has 0 aliphatic heterocycles. The van der Waals surface area contributed by atoms with Gasteiger partial charge in [-0.3, -0.25) is 0 Å².